The van der Waals surface area contributed by atoms with Gasteiger partial charge in [0.15, 0.2) is 5.58 Å². The van der Waals surface area contributed by atoms with Crippen LogP contribution in [0.1, 0.15) is 0 Å². The van der Waals surface area contributed by atoms with Crippen molar-refractivity contribution in [1.82, 2.24) is 0 Å². The van der Waals surface area contributed by atoms with Crippen LogP contribution < -0.4 is 4.90 Å². The monoisotopic (exact) mass is 637 g/mol. The Kier molecular flexibility index (Phi) is 6.53. The summed E-state index contributed by atoms with van der Waals surface area (Å²) in [5.41, 5.74) is 9.61. The van der Waals surface area contributed by atoms with Gasteiger partial charge in [-0.05, 0) is 91.5 Å². The van der Waals surface area contributed by atoms with Crippen LogP contribution >= 0.6 is 0 Å². The maximum absolute atomic E-state index is 6.65. The van der Waals surface area contributed by atoms with E-state index in [0.717, 1.165) is 44.6 Å². The van der Waals surface area contributed by atoms with Crippen molar-refractivity contribution in [3.05, 3.63) is 188 Å². The molecule has 0 radical (unpaired) electrons. The standard InChI is InChI=1S/C48H31NO/c1-2-13-34-30-36(25-24-32(34)12-1)39-16-7-9-21-45(39)49(46-22-11-20-43-42-19-8-10-23-47(42)50-48(43)46)37-28-26-33(27-29-37)44-31-35-14-3-4-15-38(35)40-17-5-6-18-41(40)44/h1-31H. The second-order valence-corrected chi connectivity index (χ2v) is 12.9. The molecule has 10 aromatic rings. The van der Waals surface area contributed by atoms with Crippen molar-refractivity contribution in [2.75, 3.05) is 4.90 Å². The number of nitrogens with zero attached hydrogens (tertiary/aromatic N) is 1. The van der Waals surface area contributed by atoms with Gasteiger partial charge in [0, 0.05) is 22.0 Å². The number of hydrogen-bond acceptors (Lipinski definition) is 2. The van der Waals surface area contributed by atoms with Gasteiger partial charge in [0.2, 0.25) is 0 Å². The van der Waals surface area contributed by atoms with Crippen LogP contribution in [-0.4, -0.2) is 0 Å². The van der Waals surface area contributed by atoms with E-state index in [1.807, 2.05) is 6.07 Å². The first kappa shape index (κ1) is 28.4. The van der Waals surface area contributed by atoms with Crippen LogP contribution in [-0.2, 0) is 0 Å². The van der Waals surface area contributed by atoms with Gasteiger partial charge < -0.3 is 9.32 Å². The quantitative estimate of drug-likeness (QED) is 0.175. The maximum atomic E-state index is 6.65. The fourth-order valence-corrected chi connectivity index (χ4v) is 7.67. The van der Waals surface area contributed by atoms with Crippen molar-refractivity contribution in [2.45, 2.75) is 0 Å². The highest BCUT2D eigenvalue weighted by molar-refractivity contribution is 6.14. The summed E-state index contributed by atoms with van der Waals surface area (Å²) in [5, 5.41) is 9.71. The fourth-order valence-electron chi connectivity index (χ4n) is 7.67. The van der Waals surface area contributed by atoms with E-state index in [4.69, 9.17) is 4.42 Å². The van der Waals surface area contributed by atoms with E-state index in [1.54, 1.807) is 0 Å². The number of benzene rings is 9. The lowest BCUT2D eigenvalue weighted by molar-refractivity contribution is 0.669. The van der Waals surface area contributed by atoms with Crippen LogP contribution in [0.25, 0.3) is 76.5 Å². The summed E-state index contributed by atoms with van der Waals surface area (Å²) < 4.78 is 6.65. The molecule has 0 bridgehead atoms. The van der Waals surface area contributed by atoms with Gasteiger partial charge in [-0.2, -0.15) is 0 Å². The van der Waals surface area contributed by atoms with E-state index in [1.165, 1.54) is 49.0 Å². The normalized spacial score (nSPS) is 11.6. The van der Waals surface area contributed by atoms with Gasteiger partial charge in [0.1, 0.15) is 5.58 Å². The Balaban J connectivity index is 1.19. The molecule has 9 aromatic carbocycles. The molecule has 10 rings (SSSR count). The molecule has 0 unspecified atom stereocenters. The molecular weight excluding hydrogens is 607 g/mol. The van der Waals surface area contributed by atoms with Crippen LogP contribution in [0.4, 0.5) is 17.1 Å². The van der Waals surface area contributed by atoms with E-state index >= 15 is 0 Å². The van der Waals surface area contributed by atoms with E-state index in [0.29, 0.717) is 0 Å². The smallest absolute Gasteiger partial charge is 0.159 e. The molecular formula is C48H31NO. The number of rotatable bonds is 5. The Morgan fingerprint density at radius 1 is 0.340 bits per heavy atom. The molecule has 0 amide bonds. The molecule has 0 aliphatic rings. The van der Waals surface area contributed by atoms with Crippen LogP contribution in [0.15, 0.2) is 192 Å². The first-order valence-corrected chi connectivity index (χ1v) is 17.1. The number of hydrogen-bond donors (Lipinski definition) is 0. The zero-order valence-corrected chi connectivity index (χ0v) is 27.3. The Morgan fingerprint density at radius 2 is 0.960 bits per heavy atom. The Morgan fingerprint density at radius 3 is 1.82 bits per heavy atom. The third-order valence-electron chi connectivity index (χ3n) is 10.0. The lowest BCUT2D eigenvalue weighted by atomic mass is 9.93. The molecule has 0 aliphatic heterocycles. The average molecular weight is 638 g/mol. The van der Waals surface area contributed by atoms with E-state index in [9.17, 15) is 0 Å². The molecule has 0 spiro atoms. The zero-order valence-electron chi connectivity index (χ0n) is 27.3. The van der Waals surface area contributed by atoms with Gasteiger partial charge in [0.05, 0.1) is 11.4 Å². The van der Waals surface area contributed by atoms with Crippen molar-refractivity contribution in [3.8, 4) is 22.3 Å². The molecule has 0 N–H and O–H groups in total. The maximum Gasteiger partial charge on any atom is 0.159 e. The predicted molar refractivity (Wildman–Crippen MR) is 212 cm³/mol. The molecule has 234 valence electrons. The topological polar surface area (TPSA) is 16.4 Å². The molecule has 0 saturated heterocycles. The van der Waals surface area contributed by atoms with Gasteiger partial charge in [-0.25, -0.2) is 0 Å². The largest absolute Gasteiger partial charge is 0.454 e. The fraction of sp³-hybridized carbons (Fsp3) is 0. The van der Waals surface area contributed by atoms with Crippen LogP contribution in [0, 0.1) is 0 Å². The predicted octanol–water partition coefficient (Wildman–Crippen LogP) is 13.8. The molecule has 0 fully saturated rings. The third kappa shape index (κ3) is 4.57. The highest BCUT2D eigenvalue weighted by Gasteiger charge is 2.22. The summed E-state index contributed by atoms with van der Waals surface area (Å²) in [6.07, 6.45) is 0. The minimum atomic E-state index is 0.867. The van der Waals surface area contributed by atoms with Crippen molar-refractivity contribution >= 4 is 71.3 Å². The van der Waals surface area contributed by atoms with Crippen LogP contribution in [0.2, 0.25) is 0 Å². The highest BCUT2D eigenvalue weighted by Crippen LogP contribution is 2.46. The highest BCUT2D eigenvalue weighted by atomic mass is 16.3. The Hall–Kier alpha value is -6.64. The second-order valence-electron chi connectivity index (χ2n) is 12.9. The summed E-state index contributed by atoms with van der Waals surface area (Å²) in [4.78, 5) is 2.36. The first-order valence-electron chi connectivity index (χ1n) is 17.1. The first-order chi connectivity index (χ1) is 24.8. The van der Waals surface area contributed by atoms with Gasteiger partial charge in [0.25, 0.3) is 0 Å². The summed E-state index contributed by atoms with van der Waals surface area (Å²) in [5.74, 6) is 0. The molecule has 2 nitrogen and oxygen atoms in total. The van der Waals surface area contributed by atoms with Crippen LogP contribution in [0.5, 0.6) is 0 Å². The molecule has 50 heavy (non-hydrogen) atoms. The van der Waals surface area contributed by atoms with Gasteiger partial charge >= 0.3 is 0 Å². The second kappa shape index (κ2) is 11.5. The van der Waals surface area contributed by atoms with Crippen LogP contribution in [0.3, 0.4) is 0 Å². The number of fused-ring (bicyclic) bond motifs is 7. The van der Waals surface area contributed by atoms with Gasteiger partial charge in [-0.15, -0.1) is 0 Å². The summed E-state index contributed by atoms with van der Waals surface area (Å²) in [6.45, 7) is 0. The van der Waals surface area contributed by atoms with E-state index < -0.39 is 0 Å². The Labute approximate surface area is 290 Å². The third-order valence-corrected chi connectivity index (χ3v) is 10.0. The molecule has 1 aromatic heterocycles. The lowest BCUT2D eigenvalue weighted by Gasteiger charge is -2.28. The minimum absolute atomic E-state index is 0.867. The summed E-state index contributed by atoms with van der Waals surface area (Å²) in [7, 11) is 0. The SMILES string of the molecule is c1ccc(N(c2ccc(-c3cc4ccccc4c4ccccc34)cc2)c2cccc3c2oc2ccccc23)c(-c2ccc3ccccc3c2)c1. The Bertz CT molecular complexity index is 2880. The number of furan rings is 1. The van der Waals surface area contributed by atoms with Crippen molar-refractivity contribution in [1.29, 1.82) is 0 Å². The molecule has 0 atom stereocenters. The molecule has 2 heteroatoms. The molecule has 0 saturated carbocycles. The van der Waals surface area contributed by atoms with Gasteiger partial charge in [-0.1, -0.05) is 146 Å². The summed E-state index contributed by atoms with van der Waals surface area (Å²) in [6, 6.07) is 67.5. The van der Waals surface area contributed by atoms with Gasteiger partial charge in [-0.3, -0.25) is 0 Å². The number of para-hydroxylation sites is 3. The van der Waals surface area contributed by atoms with E-state index in [2.05, 4.69) is 187 Å². The summed E-state index contributed by atoms with van der Waals surface area (Å²) >= 11 is 0. The minimum Gasteiger partial charge on any atom is -0.454 e. The number of anilines is 3. The van der Waals surface area contributed by atoms with E-state index in [-0.39, 0.29) is 0 Å². The van der Waals surface area contributed by atoms with Crippen molar-refractivity contribution in [2.24, 2.45) is 0 Å². The average Bonchev–Trinajstić information content (AvgIpc) is 3.58. The molecule has 1 heterocycles. The van der Waals surface area contributed by atoms with Crippen molar-refractivity contribution in [3.63, 3.8) is 0 Å². The lowest BCUT2D eigenvalue weighted by Crippen LogP contribution is -2.11. The molecule has 0 aliphatic carbocycles. The zero-order chi connectivity index (χ0) is 33.0. The van der Waals surface area contributed by atoms with Crippen molar-refractivity contribution < 1.29 is 4.42 Å².